The molecule has 3 aromatic carbocycles. The Balaban J connectivity index is 1.63. The van der Waals surface area contributed by atoms with E-state index in [-0.39, 0.29) is 18.1 Å². The second-order valence-electron chi connectivity index (χ2n) is 7.99. The van der Waals surface area contributed by atoms with Gasteiger partial charge in [0.2, 0.25) is 0 Å². The fourth-order valence-electron chi connectivity index (χ4n) is 4.13. The summed E-state index contributed by atoms with van der Waals surface area (Å²) in [5.41, 5.74) is 2.32. The third-order valence-electron chi connectivity index (χ3n) is 5.94. The number of hydrogen-bond donors (Lipinski definition) is 2. The maximum Gasteiger partial charge on any atom is 0.322 e. The number of ether oxygens (including phenoxy) is 2. The number of benzene rings is 3. The molecule has 2 N–H and O–H groups in total. The largest absolute Gasteiger partial charge is 0.493 e. The highest BCUT2D eigenvalue weighted by atomic mass is 35.5. The van der Waals surface area contributed by atoms with Crippen LogP contribution in [-0.4, -0.2) is 44.1 Å². The highest BCUT2D eigenvalue weighted by Gasteiger charge is 2.33. The third kappa shape index (κ3) is 5.33. The Morgan fingerprint density at radius 2 is 1.74 bits per heavy atom. The lowest BCUT2D eigenvalue weighted by atomic mass is 9.91. The molecule has 35 heavy (non-hydrogen) atoms. The van der Waals surface area contributed by atoms with Gasteiger partial charge >= 0.3 is 6.03 Å². The van der Waals surface area contributed by atoms with Crippen LogP contribution in [0.15, 0.2) is 60.7 Å². The monoisotopic (exact) mass is 497 g/mol. The van der Waals surface area contributed by atoms with Crippen LogP contribution in [0.2, 0.25) is 5.02 Å². The molecule has 0 aromatic heterocycles. The predicted octanol–water partition coefficient (Wildman–Crippen LogP) is 5.06. The van der Waals surface area contributed by atoms with Crippen LogP contribution >= 0.6 is 11.6 Å². The second kappa shape index (κ2) is 10.7. The predicted molar refractivity (Wildman–Crippen MR) is 132 cm³/mol. The number of methoxy groups -OCH3 is 2. The lowest BCUT2D eigenvalue weighted by Gasteiger charge is -2.38. The number of carbonyl (C=O) groups excluding carboxylic acids is 2. The molecule has 0 fully saturated rings. The summed E-state index contributed by atoms with van der Waals surface area (Å²) < 4.78 is 25.1. The quantitative estimate of drug-likeness (QED) is 0.499. The Hall–Kier alpha value is -3.78. The Morgan fingerprint density at radius 1 is 1.06 bits per heavy atom. The number of hydrogen-bond acceptors (Lipinski definition) is 4. The number of nitrogens with one attached hydrogen (secondary N) is 2. The van der Waals surface area contributed by atoms with Crippen LogP contribution in [0.3, 0.4) is 0 Å². The first-order valence-corrected chi connectivity index (χ1v) is 11.4. The van der Waals surface area contributed by atoms with Crippen molar-refractivity contribution < 1.29 is 23.5 Å². The zero-order chi connectivity index (χ0) is 24.9. The van der Waals surface area contributed by atoms with Gasteiger partial charge in [-0.05, 0) is 66.1 Å². The highest BCUT2D eigenvalue weighted by Crippen LogP contribution is 2.38. The van der Waals surface area contributed by atoms with E-state index >= 15 is 0 Å². The van der Waals surface area contributed by atoms with Crippen molar-refractivity contribution >= 4 is 29.2 Å². The first-order chi connectivity index (χ1) is 16.9. The lowest BCUT2D eigenvalue weighted by Crippen LogP contribution is -2.47. The van der Waals surface area contributed by atoms with Crippen molar-refractivity contribution in [3.63, 3.8) is 0 Å². The Kier molecular flexibility index (Phi) is 7.41. The number of halogens is 2. The zero-order valence-electron chi connectivity index (χ0n) is 19.3. The summed E-state index contributed by atoms with van der Waals surface area (Å²) in [6.07, 6.45) is 0.558. The van der Waals surface area contributed by atoms with Gasteiger partial charge in [0.05, 0.1) is 25.9 Å². The normalized spacial score (nSPS) is 14.6. The van der Waals surface area contributed by atoms with E-state index in [1.54, 1.807) is 48.4 Å². The minimum absolute atomic E-state index is 0.0829. The molecule has 0 saturated heterocycles. The molecular formula is C26H25ClFN3O4. The van der Waals surface area contributed by atoms with E-state index in [9.17, 15) is 14.0 Å². The molecule has 0 aliphatic carbocycles. The summed E-state index contributed by atoms with van der Waals surface area (Å²) in [6.45, 7) is 0.499. The molecule has 9 heteroatoms. The van der Waals surface area contributed by atoms with Gasteiger partial charge in [-0.15, -0.1) is 0 Å². The number of carbonyl (C=O) groups is 2. The van der Waals surface area contributed by atoms with Crippen molar-refractivity contribution in [3.05, 3.63) is 88.2 Å². The van der Waals surface area contributed by atoms with E-state index in [1.165, 1.54) is 19.2 Å². The molecule has 7 nitrogen and oxygen atoms in total. The van der Waals surface area contributed by atoms with Crippen molar-refractivity contribution in [2.45, 2.75) is 12.5 Å². The molecule has 182 valence electrons. The Labute approximate surface area is 207 Å². The lowest BCUT2D eigenvalue weighted by molar-refractivity contribution is 0.0936. The summed E-state index contributed by atoms with van der Waals surface area (Å²) in [6, 6.07) is 15.2. The number of anilines is 1. The fourth-order valence-corrected chi connectivity index (χ4v) is 4.26. The first kappa shape index (κ1) is 24.3. The number of fused-ring (bicyclic) bond motifs is 1. The van der Waals surface area contributed by atoms with Crippen molar-refractivity contribution in [2.24, 2.45) is 0 Å². The fraction of sp³-hybridized carbons (Fsp3) is 0.231. The average molecular weight is 498 g/mol. The molecule has 1 heterocycles. The van der Waals surface area contributed by atoms with E-state index in [0.717, 1.165) is 11.1 Å². The molecule has 1 aliphatic rings. The van der Waals surface area contributed by atoms with E-state index in [4.69, 9.17) is 21.1 Å². The smallest absolute Gasteiger partial charge is 0.322 e. The molecule has 1 atom stereocenters. The minimum Gasteiger partial charge on any atom is -0.493 e. The van der Waals surface area contributed by atoms with Gasteiger partial charge in [-0.2, -0.15) is 0 Å². The number of amides is 3. The van der Waals surface area contributed by atoms with Gasteiger partial charge in [0.25, 0.3) is 5.91 Å². The average Bonchev–Trinajstić information content (AvgIpc) is 2.87. The van der Waals surface area contributed by atoms with E-state index in [2.05, 4.69) is 10.6 Å². The number of rotatable bonds is 6. The molecular weight excluding hydrogens is 473 g/mol. The minimum atomic E-state index is -0.530. The summed E-state index contributed by atoms with van der Waals surface area (Å²) in [5, 5.41) is 6.08. The number of nitrogens with zero attached hydrogens (tertiary/aromatic N) is 1. The molecule has 1 aliphatic heterocycles. The van der Waals surface area contributed by atoms with Crippen LogP contribution in [0, 0.1) is 5.82 Å². The van der Waals surface area contributed by atoms with Gasteiger partial charge in [-0.25, -0.2) is 9.18 Å². The van der Waals surface area contributed by atoms with Gasteiger partial charge in [-0.3, -0.25) is 4.79 Å². The standard InChI is InChI=1S/C26H25ClFN3O4/c1-34-23-13-17-11-12-31(26(33)30-21-6-4-3-5-20(21)28)22(19(17)14-24(23)35-2)15-29-25(32)16-7-9-18(27)10-8-16/h3-10,13-14,22H,11-12,15H2,1-2H3,(H,29,32)(H,30,33)/t22-/m1/s1. The SMILES string of the molecule is COc1cc2c(cc1OC)[C@@H](CNC(=O)c1ccc(Cl)cc1)N(C(=O)Nc1ccccc1F)CC2. The molecule has 0 spiro atoms. The summed E-state index contributed by atoms with van der Waals surface area (Å²) >= 11 is 5.92. The summed E-state index contributed by atoms with van der Waals surface area (Å²) in [5.74, 6) is 0.261. The Bertz CT molecular complexity index is 1240. The third-order valence-corrected chi connectivity index (χ3v) is 6.19. The molecule has 4 rings (SSSR count). The van der Waals surface area contributed by atoms with Crippen LogP contribution < -0.4 is 20.1 Å². The molecule has 0 unspecified atom stereocenters. The van der Waals surface area contributed by atoms with Crippen LogP contribution in [0.4, 0.5) is 14.9 Å². The molecule has 0 saturated carbocycles. The van der Waals surface area contributed by atoms with Crippen LogP contribution in [0.25, 0.3) is 0 Å². The number of para-hydroxylation sites is 1. The summed E-state index contributed by atoms with van der Waals surface area (Å²) in [7, 11) is 3.10. The van der Waals surface area contributed by atoms with Crippen molar-refractivity contribution in [1.82, 2.24) is 10.2 Å². The van der Waals surface area contributed by atoms with E-state index < -0.39 is 17.9 Å². The van der Waals surface area contributed by atoms with Crippen molar-refractivity contribution in [3.8, 4) is 11.5 Å². The topological polar surface area (TPSA) is 79.9 Å². The zero-order valence-corrected chi connectivity index (χ0v) is 20.1. The van der Waals surface area contributed by atoms with Crippen molar-refractivity contribution in [1.29, 1.82) is 0 Å². The van der Waals surface area contributed by atoms with Gasteiger partial charge < -0.3 is 25.0 Å². The maximum absolute atomic E-state index is 14.2. The number of urea groups is 1. The van der Waals surface area contributed by atoms with Gasteiger partial charge in [0.1, 0.15) is 5.82 Å². The second-order valence-corrected chi connectivity index (χ2v) is 8.43. The molecule has 0 bridgehead atoms. The van der Waals surface area contributed by atoms with Crippen LogP contribution in [0.5, 0.6) is 11.5 Å². The molecule has 0 radical (unpaired) electrons. The maximum atomic E-state index is 14.2. The van der Waals surface area contributed by atoms with Crippen LogP contribution in [-0.2, 0) is 6.42 Å². The Morgan fingerprint density at radius 3 is 2.43 bits per heavy atom. The van der Waals surface area contributed by atoms with Gasteiger partial charge in [-0.1, -0.05) is 23.7 Å². The van der Waals surface area contributed by atoms with Gasteiger partial charge in [0.15, 0.2) is 11.5 Å². The molecule has 3 aromatic rings. The van der Waals surface area contributed by atoms with E-state index in [1.807, 2.05) is 12.1 Å². The molecule has 3 amide bonds. The summed E-state index contributed by atoms with van der Waals surface area (Å²) in [4.78, 5) is 27.6. The van der Waals surface area contributed by atoms with Crippen molar-refractivity contribution in [2.75, 3.05) is 32.6 Å². The first-order valence-electron chi connectivity index (χ1n) is 11.0. The van der Waals surface area contributed by atoms with Crippen LogP contribution in [0.1, 0.15) is 27.5 Å². The van der Waals surface area contributed by atoms with Gasteiger partial charge in [0, 0.05) is 23.7 Å². The van der Waals surface area contributed by atoms with E-state index in [0.29, 0.717) is 35.1 Å². The highest BCUT2D eigenvalue weighted by molar-refractivity contribution is 6.30.